The van der Waals surface area contributed by atoms with Crippen molar-refractivity contribution >= 4 is 11.8 Å². The quantitative estimate of drug-likeness (QED) is 0.525. The fraction of sp³-hybridized carbons (Fsp3) is 0.400. The van der Waals surface area contributed by atoms with Crippen LogP contribution in [0.2, 0.25) is 0 Å². The molecule has 21 heavy (non-hydrogen) atoms. The van der Waals surface area contributed by atoms with Crippen molar-refractivity contribution in [1.29, 1.82) is 0 Å². The summed E-state index contributed by atoms with van der Waals surface area (Å²) in [4.78, 5) is 21.9. The summed E-state index contributed by atoms with van der Waals surface area (Å²) in [7, 11) is 0. The predicted molar refractivity (Wildman–Crippen MR) is 78.8 cm³/mol. The number of hydrogen-bond acceptors (Lipinski definition) is 4. The van der Waals surface area contributed by atoms with Gasteiger partial charge < -0.3 is 10.1 Å². The zero-order chi connectivity index (χ0) is 16.0. The zero-order valence-corrected chi connectivity index (χ0v) is 12.3. The lowest BCUT2D eigenvalue weighted by atomic mass is 10.1. The van der Waals surface area contributed by atoms with E-state index in [4.69, 9.17) is 11.2 Å². The molecular formula is C15H18N2O4. The molecule has 112 valence electrons. The lowest BCUT2D eigenvalue weighted by Gasteiger charge is -2.21. The molecule has 1 rings (SSSR count). The van der Waals surface area contributed by atoms with Crippen molar-refractivity contribution in [2.45, 2.75) is 38.8 Å². The van der Waals surface area contributed by atoms with E-state index in [9.17, 15) is 14.9 Å². The van der Waals surface area contributed by atoms with Gasteiger partial charge in [0.15, 0.2) is 0 Å². The van der Waals surface area contributed by atoms with Gasteiger partial charge in [-0.2, -0.15) is 0 Å². The molecule has 1 atom stereocenters. The molecule has 0 aliphatic carbocycles. The molecule has 1 aromatic carbocycles. The van der Waals surface area contributed by atoms with E-state index in [0.29, 0.717) is 5.56 Å². The van der Waals surface area contributed by atoms with Crippen molar-refractivity contribution < 1.29 is 14.5 Å². The van der Waals surface area contributed by atoms with Crippen LogP contribution in [0.15, 0.2) is 24.3 Å². The van der Waals surface area contributed by atoms with Crippen molar-refractivity contribution in [2.24, 2.45) is 0 Å². The van der Waals surface area contributed by atoms with Gasteiger partial charge in [0.25, 0.3) is 5.69 Å². The molecule has 1 amide bonds. The summed E-state index contributed by atoms with van der Waals surface area (Å²) in [6, 6.07) is 5.53. The van der Waals surface area contributed by atoms with Crippen molar-refractivity contribution in [3.8, 4) is 12.3 Å². The number of rotatable bonds is 4. The van der Waals surface area contributed by atoms with Gasteiger partial charge in [0.2, 0.25) is 0 Å². The smallest absolute Gasteiger partial charge is 0.408 e. The van der Waals surface area contributed by atoms with E-state index in [1.165, 1.54) is 12.1 Å². The highest BCUT2D eigenvalue weighted by Crippen LogP contribution is 2.14. The van der Waals surface area contributed by atoms with Crippen molar-refractivity contribution in [3.05, 3.63) is 39.9 Å². The van der Waals surface area contributed by atoms with Crippen LogP contribution in [0.25, 0.3) is 0 Å². The second-order valence-corrected chi connectivity index (χ2v) is 5.50. The van der Waals surface area contributed by atoms with E-state index in [1.807, 2.05) is 0 Å². The number of hydrogen-bond donors (Lipinski definition) is 1. The van der Waals surface area contributed by atoms with E-state index >= 15 is 0 Å². The second kappa shape index (κ2) is 6.75. The van der Waals surface area contributed by atoms with Crippen molar-refractivity contribution in [1.82, 2.24) is 5.32 Å². The van der Waals surface area contributed by atoms with Gasteiger partial charge >= 0.3 is 6.09 Å². The number of benzene rings is 1. The van der Waals surface area contributed by atoms with Crippen LogP contribution in [-0.2, 0) is 11.2 Å². The molecule has 0 radical (unpaired) electrons. The number of nitro benzene ring substituents is 1. The molecule has 0 aliphatic heterocycles. The fourth-order valence-electron chi connectivity index (χ4n) is 1.63. The molecule has 6 heteroatoms. The summed E-state index contributed by atoms with van der Waals surface area (Å²) in [5.41, 5.74) is 0.0399. The zero-order valence-electron chi connectivity index (χ0n) is 12.3. The monoisotopic (exact) mass is 290 g/mol. The molecule has 0 spiro atoms. The third kappa shape index (κ3) is 5.95. The highest BCUT2D eigenvalue weighted by Gasteiger charge is 2.19. The first kappa shape index (κ1) is 16.5. The number of non-ortho nitro benzene ring substituents is 1. The van der Waals surface area contributed by atoms with Gasteiger partial charge in [0.05, 0.1) is 11.0 Å². The third-order valence-corrected chi connectivity index (χ3v) is 2.45. The molecule has 0 aliphatic rings. The Morgan fingerprint density at radius 3 is 2.71 bits per heavy atom. The Morgan fingerprint density at radius 1 is 1.52 bits per heavy atom. The number of nitro groups is 1. The van der Waals surface area contributed by atoms with Crippen LogP contribution in [0.1, 0.15) is 26.3 Å². The fourth-order valence-corrected chi connectivity index (χ4v) is 1.63. The summed E-state index contributed by atoms with van der Waals surface area (Å²) < 4.78 is 5.12. The largest absolute Gasteiger partial charge is 0.444 e. The van der Waals surface area contributed by atoms with Crippen LogP contribution < -0.4 is 5.32 Å². The molecule has 0 saturated heterocycles. The van der Waals surface area contributed by atoms with Crippen LogP contribution in [0, 0.1) is 22.5 Å². The van der Waals surface area contributed by atoms with Crippen LogP contribution in [0.3, 0.4) is 0 Å². The third-order valence-electron chi connectivity index (χ3n) is 2.45. The summed E-state index contributed by atoms with van der Waals surface area (Å²) in [6.07, 6.45) is 5.05. The van der Waals surface area contributed by atoms with Gasteiger partial charge in [-0.05, 0) is 26.3 Å². The van der Waals surface area contributed by atoms with Gasteiger partial charge in [-0.1, -0.05) is 18.1 Å². The second-order valence-electron chi connectivity index (χ2n) is 5.50. The lowest BCUT2D eigenvalue weighted by molar-refractivity contribution is -0.384. The highest BCUT2D eigenvalue weighted by molar-refractivity contribution is 5.68. The Morgan fingerprint density at radius 2 is 2.19 bits per heavy atom. The van der Waals surface area contributed by atoms with Crippen LogP contribution in [-0.4, -0.2) is 22.7 Å². The van der Waals surface area contributed by atoms with Gasteiger partial charge in [-0.15, -0.1) is 6.42 Å². The van der Waals surface area contributed by atoms with Gasteiger partial charge in [0, 0.05) is 18.6 Å². The highest BCUT2D eigenvalue weighted by atomic mass is 16.6. The Labute approximate surface area is 123 Å². The van der Waals surface area contributed by atoms with Crippen molar-refractivity contribution in [2.75, 3.05) is 0 Å². The molecule has 0 heterocycles. The molecule has 6 nitrogen and oxygen atoms in total. The van der Waals surface area contributed by atoms with Gasteiger partial charge in [-0.25, -0.2) is 4.79 Å². The first-order valence-corrected chi connectivity index (χ1v) is 6.40. The first-order chi connectivity index (χ1) is 9.71. The van der Waals surface area contributed by atoms with Gasteiger partial charge in [-0.3, -0.25) is 10.1 Å². The Kier molecular flexibility index (Phi) is 5.30. The van der Waals surface area contributed by atoms with E-state index in [0.717, 1.165) is 0 Å². The Bertz CT molecular complexity index is 570. The van der Waals surface area contributed by atoms with Crippen LogP contribution in [0.5, 0.6) is 0 Å². The number of amides is 1. The van der Waals surface area contributed by atoms with Crippen molar-refractivity contribution in [3.63, 3.8) is 0 Å². The molecule has 0 aromatic heterocycles. The number of nitrogens with zero attached hydrogens (tertiary/aromatic N) is 1. The Hall–Kier alpha value is -2.55. The summed E-state index contributed by atoms with van der Waals surface area (Å²) in [5.74, 6) is 2.43. The summed E-state index contributed by atoms with van der Waals surface area (Å²) in [6.45, 7) is 5.24. The maximum Gasteiger partial charge on any atom is 0.408 e. The maximum atomic E-state index is 11.7. The summed E-state index contributed by atoms with van der Waals surface area (Å²) in [5, 5.41) is 13.3. The summed E-state index contributed by atoms with van der Waals surface area (Å²) >= 11 is 0. The predicted octanol–water partition coefficient (Wildman–Crippen LogP) is 2.66. The van der Waals surface area contributed by atoms with E-state index < -0.39 is 22.7 Å². The first-order valence-electron chi connectivity index (χ1n) is 6.40. The molecule has 0 bridgehead atoms. The average molecular weight is 290 g/mol. The van der Waals surface area contributed by atoms with Crippen LogP contribution >= 0.6 is 0 Å². The number of carbonyl (C=O) groups is 1. The molecule has 1 aromatic rings. The van der Waals surface area contributed by atoms with E-state index in [2.05, 4.69) is 11.2 Å². The molecule has 0 fully saturated rings. The SMILES string of the molecule is C#CC(Cc1cccc([N+](=O)[O-])c1)NC(=O)OC(C)(C)C. The number of terminal acetylenes is 1. The van der Waals surface area contributed by atoms with Gasteiger partial charge in [0.1, 0.15) is 5.60 Å². The average Bonchev–Trinajstić information content (AvgIpc) is 2.36. The molecule has 1 unspecified atom stereocenters. The molecule has 1 N–H and O–H groups in total. The minimum absolute atomic E-state index is 0.0134. The maximum absolute atomic E-state index is 11.7. The normalized spacial score (nSPS) is 12.1. The molecule has 0 saturated carbocycles. The Balaban J connectivity index is 2.71. The van der Waals surface area contributed by atoms with E-state index in [-0.39, 0.29) is 12.1 Å². The number of nitrogens with one attached hydrogen (secondary N) is 1. The van der Waals surface area contributed by atoms with Crippen LogP contribution in [0.4, 0.5) is 10.5 Å². The number of alkyl carbamates (subject to hydrolysis) is 1. The van der Waals surface area contributed by atoms with E-state index in [1.54, 1.807) is 32.9 Å². The molecular weight excluding hydrogens is 272 g/mol. The minimum atomic E-state index is -0.616. The number of ether oxygens (including phenoxy) is 1. The number of carbonyl (C=O) groups excluding carboxylic acids is 1. The lowest BCUT2D eigenvalue weighted by Crippen LogP contribution is -2.39. The topological polar surface area (TPSA) is 81.5 Å². The standard InChI is InChI=1S/C15H18N2O4/c1-5-12(16-14(18)21-15(2,3)4)9-11-7-6-8-13(10-11)17(19)20/h1,6-8,10,12H,9H2,2-4H3,(H,16,18). The minimum Gasteiger partial charge on any atom is -0.444 e.